The van der Waals surface area contributed by atoms with Gasteiger partial charge in [-0.3, -0.25) is 0 Å². The number of ether oxygens (including phenoxy) is 3. The van der Waals surface area contributed by atoms with E-state index >= 15 is 0 Å². The molecule has 0 atom stereocenters. The Morgan fingerprint density at radius 1 is 1.27 bits per heavy atom. The Morgan fingerprint density at radius 2 is 2.05 bits per heavy atom. The van der Waals surface area contributed by atoms with E-state index < -0.39 is 0 Å². The highest BCUT2D eigenvalue weighted by Gasteiger charge is 2.16. The second-order valence-corrected chi connectivity index (χ2v) is 5.70. The number of hydrogen-bond acceptors (Lipinski definition) is 4. The monoisotopic (exact) mass is 307 g/mol. The minimum atomic E-state index is -0.241. The first kappa shape index (κ1) is 16.4. The largest absolute Gasteiger partial charge is 0.454 e. The molecule has 0 amide bonds. The molecule has 1 aromatic rings. The molecular weight excluding hydrogens is 282 g/mol. The highest BCUT2D eigenvalue weighted by Crippen LogP contribution is 2.32. The second-order valence-electron chi connectivity index (χ2n) is 5.70. The zero-order valence-electron chi connectivity index (χ0n) is 13.7. The first-order valence-corrected chi connectivity index (χ1v) is 7.50. The van der Waals surface area contributed by atoms with Crippen molar-refractivity contribution in [3.63, 3.8) is 0 Å². The Balaban J connectivity index is 1.97. The number of nitrogens with one attached hydrogen (secondary N) is 2. The molecule has 0 radical (unpaired) electrons. The second kappa shape index (κ2) is 7.35. The van der Waals surface area contributed by atoms with Crippen LogP contribution in [0.3, 0.4) is 0 Å². The van der Waals surface area contributed by atoms with Gasteiger partial charge in [0.25, 0.3) is 0 Å². The lowest BCUT2D eigenvalue weighted by Crippen LogP contribution is -2.45. The van der Waals surface area contributed by atoms with Crippen LogP contribution in [0.15, 0.2) is 23.2 Å². The van der Waals surface area contributed by atoms with E-state index in [1.54, 1.807) is 7.11 Å². The molecule has 1 aliphatic rings. The lowest BCUT2D eigenvalue weighted by Gasteiger charge is -2.24. The normalized spacial score (nSPS) is 14.1. The number of methoxy groups -OCH3 is 1. The van der Waals surface area contributed by atoms with Crippen molar-refractivity contribution in [1.29, 1.82) is 0 Å². The van der Waals surface area contributed by atoms with Crippen LogP contribution in [0.25, 0.3) is 0 Å². The van der Waals surface area contributed by atoms with E-state index in [0.29, 0.717) is 19.9 Å². The first-order chi connectivity index (χ1) is 10.5. The molecule has 0 saturated heterocycles. The summed E-state index contributed by atoms with van der Waals surface area (Å²) in [6, 6.07) is 5.88. The van der Waals surface area contributed by atoms with Crippen LogP contribution in [0.5, 0.6) is 11.5 Å². The number of guanidine groups is 1. The molecule has 2 rings (SSSR count). The number of benzene rings is 1. The number of hydrogen-bond donors (Lipinski definition) is 2. The molecule has 6 nitrogen and oxygen atoms in total. The lowest BCUT2D eigenvalue weighted by atomic mass is 10.1. The Morgan fingerprint density at radius 3 is 2.77 bits per heavy atom. The lowest BCUT2D eigenvalue weighted by molar-refractivity contribution is 0.0268. The summed E-state index contributed by atoms with van der Waals surface area (Å²) in [5.74, 6) is 2.34. The molecule has 2 N–H and O–H groups in total. The number of fused-ring (bicyclic) bond motifs is 1. The van der Waals surface area contributed by atoms with Gasteiger partial charge in [-0.2, -0.15) is 0 Å². The highest BCUT2D eigenvalue weighted by atomic mass is 16.7. The first-order valence-electron chi connectivity index (χ1n) is 7.50. The molecule has 1 aromatic carbocycles. The average molecular weight is 307 g/mol. The van der Waals surface area contributed by atoms with Crippen LogP contribution in [0.1, 0.15) is 26.3 Å². The Kier molecular flexibility index (Phi) is 5.49. The van der Waals surface area contributed by atoms with E-state index in [1.165, 1.54) is 0 Å². The van der Waals surface area contributed by atoms with Crippen molar-refractivity contribution in [3.8, 4) is 11.5 Å². The van der Waals surface area contributed by atoms with E-state index in [4.69, 9.17) is 14.2 Å². The molecule has 6 heteroatoms. The van der Waals surface area contributed by atoms with Gasteiger partial charge in [-0.25, -0.2) is 4.99 Å². The summed E-state index contributed by atoms with van der Waals surface area (Å²) < 4.78 is 16.1. The molecule has 0 bridgehead atoms. The van der Waals surface area contributed by atoms with Crippen LogP contribution >= 0.6 is 0 Å². The van der Waals surface area contributed by atoms with E-state index in [9.17, 15) is 0 Å². The summed E-state index contributed by atoms with van der Waals surface area (Å²) in [7, 11) is 1.71. The van der Waals surface area contributed by atoms with Crippen molar-refractivity contribution in [2.24, 2.45) is 4.99 Å². The van der Waals surface area contributed by atoms with Gasteiger partial charge in [-0.05, 0) is 38.5 Å². The van der Waals surface area contributed by atoms with Crippen molar-refractivity contribution in [2.45, 2.75) is 32.9 Å². The Labute approximate surface area is 131 Å². The minimum absolute atomic E-state index is 0.241. The SMILES string of the molecule is CCNC(=NCc1ccc2c(c1)OCO2)NCC(C)(C)OC. The molecule has 0 aromatic heterocycles. The topological polar surface area (TPSA) is 64.1 Å². The third-order valence-corrected chi connectivity index (χ3v) is 3.44. The fraction of sp³-hybridized carbons (Fsp3) is 0.562. The van der Waals surface area contributed by atoms with E-state index in [-0.39, 0.29) is 5.60 Å². The number of aliphatic imine (C=N–C) groups is 1. The highest BCUT2D eigenvalue weighted by molar-refractivity contribution is 5.79. The zero-order valence-corrected chi connectivity index (χ0v) is 13.7. The van der Waals surface area contributed by atoms with E-state index in [0.717, 1.165) is 29.6 Å². The van der Waals surface area contributed by atoms with Crippen molar-refractivity contribution in [1.82, 2.24) is 10.6 Å². The van der Waals surface area contributed by atoms with Crippen LogP contribution in [-0.2, 0) is 11.3 Å². The van der Waals surface area contributed by atoms with E-state index in [2.05, 4.69) is 15.6 Å². The van der Waals surface area contributed by atoms with Gasteiger partial charge in [0, 0.05) is 20.2 Å². The summed E-state index contributed by atoms with van der Waals surface area (Å²) >= 11 is 0. The minimum Gasteiger partial charge on any atom is -0.454 e. The van der Waals surface area contributed by atoms with Gasteiger partial charge in [0.15, 0.2) is 17.5 Å². The van der Waals surface area contributed by atoms with Gasteiger partial charge >= 0.3 is 0 Å². The summed E-state index contributed by atoms with van der Waals surface area (Å²) in [6.45, 7) is 8.44. The van der Waals surface area contributed by atoms with Gasteiger partial charge in [0.2, 0.25) is 6.79 Å². The average Bonchev–Trinajstić information content (AvgIpc) is 2.97. The van der Waals surface area contributed by atoms with Crippen molar-refractivity contribution in [3.05, 3.63) is 23.8 Å². The van der Waals surface area contributed by atoms with Gasteiger partial charge < -0.3 is 24.8 Å². The fourth-order valence-electron chi connectivity index (χ4n) is 1.92. The summed E-state index contributed by atoms with van der Waals surface area (Å²) in [6.07, 6.45) is 0. The fourth-order valence-corrected chi connectivity index (χ4v) is 1.92. The van der Waals surface area contributed by atoms with Gasteiger partial charge in [0.05, 0.1) is 12.1 Å². The quantitative estimate of drug-likeness (QED) is 0.621. The zero-order chi connectivity index (χ0) is 16.0. The van der Waals surface area contributed by atoms with Gasteiger partial charge in [-0.1, -0.05) is 6.07 Å². The number of nitrogens with zero attached hydrogens (tertiary/aromatic N) is 1. The van der Waals surface area contributed by atoms with Crippen LogP contribution in [-0.4, -0.2) is 38.6 Å². The predicted octanol–water partition coefficient (Wildman–Crippen LogP) is 1.90. The maximum absolute atomic E-state index is 5.40. The van der Waals surface area contributed by atoms with Crippen molar-refractivity contribution in [2.75, 3.05) is 27.0 Å². The number of rotatable bonds is 6. The maximum Gasteiger partial charge on any atom is 0.231 e. The third-order valence-electron chi connectivity index (χ3n) is 3.44. The molecule has 122 valence electrons. The summed E-state index contributed by atoms with van der Waals surface area (Å²) in [5.41, 5.74) is 0.835. The summed E-state index contributed by atoms with van der Waals surface area (Å²) in [4.78, 5) is 4.59. The molecule has 0 spiro atoms. The molecule has 1 heterocycles. The predicted molar refractivity (Wildman–Crippen MR) is 86.5 cm³/mol. The standard InChI is InChI=1S/C16H25N3O3/c1-5-17-15(19-10-16(2,3)20-4)18-9-12-6-7-13-14(8-12)22-11-21-13/h6-8H,5,9-11H2,1-4H3,(H2,17,18,19). The smallest absolute Gasteiger partial charge is 0.231 e. The molecule has 0 aliphatic carbocycles. The van der Waals surface area contributed by atoms with E-state index in [1.807, 2.05) is 39.0 Å². The van der Waals surface area contributed by atoms with Gasteiger partial charge in [-0.15, -0.1) is 0 Å². The molecule has 0 fully saturated rings. The van der Waals surface area contributed by atoms with Crippen molar-refractivity contribution < 1.29 is 14.2 Å². The van der Waals surface area contributed by atoms with Crippen molar-refractivity contribution >= 4 is 5.96 Å². The van der Waals surface area contributed by atoms with Crippen LogP contribution in [0.4, 0.5) is 0 Å². The Hall–Kier alpha value is -1.95. The van der Waals surface area contributed by atoms with Crippen LogP contribution in [0, 0.1) is 0 Å². The maximum atomic E-state index is 5.40. The van der Waals surface area contributed by atoms with Gasteiger partial charge in [0.1, 0.15) is 0 Å². The van der Waals surface area contributed by atoms with Crippen LogP contribution in [0.2, 0.25) is 0 Å². The molecular formula is C16H25N3O3. The molecule has 0 saturated carbocycles. The molecule has 0 unspecified atom stereocenters. The molecule has 22 heavy (non-hydrogen) atoms. The summed E-state index contributed by atoms with van der Waals surface area (Å²) in [5, 5.41) is 6.52. The molecule has 1 aliphatic heterocycles. The third kappa shape index (κ3) is 4.53. The van der Waals surface area contributed by atoms with Crippen LogP contribution < -0.4 is 20.1 Å². The Bertz CT molecular complexity index is 529.